The number of nitrogens with zero attached hydrogens (tertiary/aromatic N) is 5. The fourth-order valence-corrected chi connectivity index (χ4v) is 4.48. The molecule has 2 bridgehead atoms. The molecule has 140 valence electrons. The molecule has 3 aliphatic rings. The van der Waals surface area contributed by atoms with Gasteiger partial charge < -0.3 is 19.3 Å². The van der Waals surface area contributed by atoms with Crippen molar-refractivity contribution in [2.75, 3.05) is 42.6 Å². The molecule has 0 spiro atoms. The van der Waals surface area contributed by atoms with E-state index in [0.717, 1.165) is 49.1 Å². The van der Waals surface area contributed by atoms with Crippen molar-refractivity contribution in [3.63, 3.8) is 0 Å². The van der Waals surface area contributed by atoms with Crippen LogP contribution >= 0.6 is 0 Å². The van der Waals surface area contributed by atoms with Crippen LogP contribution < -0.4 is 9.80 Å². The molecule has 26 heavy (non-hydrogen) atoms. The van der Waals surface area contributed by atoms with Gasteiger partial charge in [0.1, 0.15) is 11.6 Å². The first-order valence-corrected chi connectivity index (χ1v) is 9.62. The average Bonchev–Trinajstić information content (AvgIpc) is 3.16. The van der Waals surface area contributed by atoms with E-state index in [-0.39, 0.29) is 5.54 Å². The van der Waals surface area contributed by atoms with Gasteiger partial charge in [0.05, 0.1) is 37.2 Å². The summed E-state index contributed by atoms with van der Waals surface area (Å²) < 4.78 is 13.7. The second-order valence-corrected chi connectivity index (χ2v) is 8.41. The molecule has 0 aromatic carbocycles. The first-order chi connectivity index (χ1) is 12.5. The minimum absolute atomic E-state index is 0.0757. The first kappa shape index (κ1) is 16.3. The van der Waals surface area contributed by atoms with E-state index in [9.17, 15) is 0 Å². The molecule has 2 unspecified atom stereocenters. The molecule has 2 atom stereocenters. The quantitative estimate of drug-likeness (QED) is 0.820. The Labute approximate surface area is 153 Å². The summed E-state index contributed by atoms with van der Waals surface area (Å²) in [7, 11) is 0. The minimum Gasteiger partial charge on any atom is -0.377 e. The van der Waals surface area contributed by atoms with Crippen molar-refractivity contribution in [2.45, 2.75) is 51.4 Å². The maximum atomic E-state index is 6.01. The topological polar surface area (TPSA) is 55.1 Å². The number of rotatable bonds is 2. The minimum atomic E-state index is -0.0757. The van der Waals surface area contributed by atoms with Crippen LogP contribution in [0, 0.1) is 6.92 Å². The molecule has 2 aromatic heterocycles. The van der Waals surface area contributed by atoms with E-state index < -0.39 is 0 Å². The Morgan fingerprint density at radius 1 is 1.19 bits per heavy atom. The predicted octanol–water partition coefficient (Wildman–Crippen LogP) is 2.02. The number of morpholine rings is 2. The molecule has 0 N–H and O–H groups in total. The molecule has 0 saturated carbocycles. The van der Waals surface area contributed by atoms with Gasteiger partial charge in [0.2, 0.25) is 0 Å². The van der Waals surface area contributed by atoms with Crippen LogP contribution in [0.3, 0.4) is 0 Å². The number of hydrogen-bond donors (Lipinski definition) is 0. The zero-order valence-corrected chi connectivity index (χ0v) is 15.8. The van der Waals surface area contributed by atoms with Crippen molar-refractivity contribution < 1.29 is 9.47 Å². The van der Waals surface area contributed by atoms with Crippen LogP contribution in [0.15, 0.2) is 12.3 Å². The molecule has 2 aromatic rings. The summed E-state index contributed by atoms with van der Waals surface area (Å²) >= 11 is 0. The Hall–Kier alpha value is -1.86. The lowest BCUT2D eigenvalue weighted by molar-refractivity contribution is 0.0302. The summed E-state index contributed by atoms with van der Waals surface area (Å²) in [4.78, 5) is 9.78. The van der Waals surface area contributed by atoms with Crippen LogP contribution in [0.4, 0.5) is 11.6 Å². The van der Waals surface area contributed by atoms with E-state index in [1.165, 1.54) is 12.8 Å². The fourth-order valence-electron chi connectivity index (χ4n) is 4.48. The third-order valence-corrected chi connectivity index (χ3v) is 5.91. The molecule has 3 saturated heterocycles. The van der Waals surface area contributed by atoms with Gasteiger partial charge in [0, 0.05) is 31.3 Å². The molecule has 0 radical (unpaired) electrons. The van der Waals surface area contributed by atoms with Crippen LogP contribution in [0.1, 0.15) is 32.3 Å². The van der Waals surface area contributed by atoms with E-state index >= 15 is 0 Å². The highest BCUT2D eigenvalue weighted by Gasteiger charge is 2.36. The number of hydrogen-bond acceptors (Lipinski definition) is 6. The van der Waals surface area contributed by atoms with Crippen LogP contribution in [0.5, 0.6) is 0 Å². The fraction of sp³-hybridized carbons (Fsp3) is 0.684. The van der Waals surface area contributed by atoms with Gasteiger partial charge in [-0.2, -0.15) is 9.61 Å². The average molecular weight is 357 g/mol. The first-order valence-electron chi connectivity index (χ1n) is 9.62. The highest BCUT2D eigenvalue weighted by molar-refractivity contribution is 5.62. The molecule has 0 aliphatic carbocycles. The van der Waals surface area contributed by atoms with Crippen LogP contribution in [-0.2, 0) is 9.47 Å². The van der Waals surface area contributed by atoms with Crippen LogP contribution in [0.25, 0.3) is 5.65 Å². The smallest absolute Gasteiger partial charge is 0.162 e. The summed E-state index contributed by atoms with van der Waals surface area (Å²) in [5.41, 5.74) is 1.97. The zero-order valence-electron chi connectivity index (χ0n) is 15.8. The Kier molecular flexibility index (Phi) is 3.66. The van der Waals surface area contributed by atoms with E-state index in [0.29, 0.717) is 18.8 Å². The Morgan fingerprint density at radius 3 is 2.69 bits per heavy atom. The SMILES string of the molecule is Cc1cnn2c(N3CCOCC3(C)C)cc(N3CC4CCC(C3)O4)nc12. The number of aromatic nitrogens is 3. The van der Waals surface area contributed by atoms with Crippen molar-refractivity contribution in [2.24, 2.45) is 0 Å². The molecule has 0 amide bonds. The monoisotopic (exact) mass is 357 g/mol. The van der Waals surface area contributed by atoms with E-state index in [1.54, 1.807) is 0 Å². The van der Waals surface area contributed by atoms with Crippen molar-refractivity contribution in [3.05, 3.63) is 17.8 Å². The van der Waals surface area contributed by atoms with Gasteiger partial charge in [0.15, 0.2) is 5.65 Å². The molecule has 7 heteroatoms. The van der Waals surface area contributed by atoms with E-state index in [1.807, 2.05) is 10.7 Å². The molecule has 5 rings (SSSR count). The maximum absolute atomic E-state index is 6.01. The zero-order chi connectivity index (χ0) is 17.9. The van der Waals surface area contributed by atoms with Crippen molar-refractivity contribution >= 4 is 17.3 Å². The highest BCUT2D eigenvalue weighted by atomic mass is 16.5. The third kappa shape index (κ3) is 2.56. The van der Waals surface area contributed by atoms with Crippen LogP contribution in [0.2, 0.25) is 0 Å². The largest absolute Gasteiger partial charge is 0.377 e. The molecule has 7 nitrogen and oxygen atoms in total. The Morgan fingerprint density at radius 2 is 1.96 bits per heavy atom. The Bertz CT molecular complexity index is 821. The van der Waals surface area contributed by atoms with Crippen LogP contribution in [-0.4, -0.2) is 65.2 Å². The standard InChI is InChI=1S/C19H27N5O2/c1-13-9-20-24-17(23-6-7-25-12-19(23,2)3)8-16(21-18(13)24)22-10-14-4-5-15(11-22)26-14/h8-9,14-15H,4-7,10-12H2,1-3H3. The highest BCUT2D eigenvalue weighted by Crippen LogP contribution is 2.33. The molecule has 5 heterocycles. The van der Waals surface area contributed by atoms with Gasteiger partial charge >= 0.3 is 0 Å². The summed E-state index contributed by atoms with van der Waals surface area (Å²) in [6.07, 6.45) is 4.94. The van der Waals surface area contributed by atoms with E-state index in [2.05, 4.69) is 41.7 Å². The lowest BCUT2D eigenvalue weighted by Crippen LogP contribution is -2.54. The van der Waals surface area contributed by atoms with Gasteiger partial charge in [0.25, 0.3) is 0 Å². The van der Waals surface area contributed by atoms with Gasteiger partial charge in [-0.15, -0.1) is 0 Å². The summed E-state index contributed by atoms with van der Waals surface area (Å²) in [6, 6.07) is 2.21. The van der Waals surface area contributed by atoms with Crippen molar-refractivity contribution in [1.82, 2.24) is 14.6 Å². The van der Waals surface area contributed by atoms with Crippen molar-refractivity contribution in [1.29, 1.82) is 0 Å². The maximum Gasteiger partial charge on any atom is 0.162 e. The van der Waals surface area contributed by atoms with Gasteiger partial charge in [-0.1, -0.05) is 0 Å². The predicted molar refractivity (Wildman–Crippen MR) is 100 cm³/mol. The van der Waals surface area contributed by atoms with Gasteiger partial charge in [-0.25, -0.2) is 4.98 Å². The van der Waals surface area contributed by atoms with Crippen molar-refractivity contribution in [3.8, 4) is 0 Å². The number of ether oxygens (including phenoxy) is 2. The second-order valence-electron chi connectivity index (χ2n) is 8.41. The molecule has 3 fully saturated rings. The summed E-state index contributed by atoms with van der Waals surface area (Å²) in [5.74, 6) is 2.14. The van der Waals surface area contributed by atoms with E-state index in [4.69, 9.17) is 14.5 Å². The molecule has 3 aliphatic heterocycles. The lowest BCUT2D eigenvalue weighted by atomic mass is 10.0. The lowest BCUT2D eigenvalue weighted by Gasteiger charge is -2.43. The summed E-state index contributed by atoms with van der Waals surface area (Å²) in [6.45, 7) is 10.7. The number of anilines is 2. The van der Waals surface area contributed by atoms with Gasteiger partial charge in [-0.05, 0) is 33.6 Å². The number of aryl methyl sites for hydroxylation is 1. The summed E-state index contributed by atoms with van der Waals surface area (Å²) in [5, 5.41) is 4.62. The Balaban J connectivity index is 1.61. The second kappa shape index (κ2) is 5.82. The molecular weight excluding hydrogens is 330 g/mol. The number of fused-ring (bicyclic) bond motifs is 3. The normalized spacial score (nSPS) is 28.1. The van der Waals surface area contributed by atoms with Gasteiger partial charge in [-0.3, -0.25) is 0 Å². The third-order valence-electron chi connectivity index (χ3n) is 5.91. The molecular formula is C19H27N5O2.